The highest BCUT2D eigenvalue weighted by Gasteiger charge is 2.14. The molecule has 0 bridgehead atoms. The lowest BCUT2D eigenvalue weighted by molar-refractivity contribution is -0.124. The summed E-state index contributed by atoms with van der Waals surface area (Å²) in [6.07, 6.45) is -0.485. The molecule has 0 spiro atoms. The van der Waals surface area contributed by atoms with Crippen molar-refractivity contribution in [2.75, 3.05) is 12.4 Å². The third-order valence-corrected chi connectivity index (χ3v) is 2.51. The Morgan fingerprint density at radius 1 is 1.53 bits per heavy atom. The summed E-state index contributed by atoms with van der Waals surface area (Å²) < 4.78 is 4.91. The van der Waals surface area contributed by atoms with Gasteiger partial charge in [0.1, 0.15) is 6.10 Å². The maximum atomic E-state index is 11.6. The highest BCUT2D eigenvalue weighted by molar-refractivity contribution is 6.34. The number of rotatable bonds is 3. The van der Waals surface area contributed by atoms with Gasteiger partial charge in [0, 0.05) is 7.11 Å². The van der Waals surface area contributed by atoms with Crippen LogP contribution in [0.25, 0.3) is 0 Å². The number of halogens is 1. The smallest absolute Gasteiger partial charge is 0.253 e. The number of anilines is 1. The van der Waals surface area contributed by atoms with Gasteiger partial charge in [-0.15, -0.1) is 0 Å². The molecule has 3 nitrogen and oxygen atoms in total. The van der Waals surface area contributed by atoms with Gasteiger partial charge in [0.05, 0.1) is 10.7 Å². The second-order valence-corrected chi connectivity index (χ2v) is 3.71. The van der Waals surface area contributed by atoms with Gasteiger partial charge in [-0.1, -0.05) is 23.7 Å². The summed E-state index contributed by atoms with van der Waals surface area (Å²) in [5.41, 5.74) is 1.58. The predicted octanol–water partition coefficient (Wildman–Crippen LogP) is 2.62. The van der Waals surface area contributed by atoms with Crippen molar-refractivity contribution >= 4 is 23.2 Å². The van der Waals surface area contributed by atoms with Crippen LogP contribution in [0.1, 0.15) is 12.5 Å². The van der Waals surface area contributed by atoms with E-state index in [1.165, 1.54) is 7.11 Å². The molecular formula is C11H14ClNO2. The summed E-state index contributed by atoms with van der Waals surface area (Å²) in [6, 6.07) is 5.47. The van der Waals surface area contributed by atoms with Gasteiger partial charge in [-0.3, -0.25) is 4.79 Å². The number of carbonyl (C=O) groups excluding carboxylic acids is 1. The lowest BCUT2D eigenvalue weighted by Gasteiger charge is -2.13. The van der Waals surface area contributed by atoms with Gasteiger partial charge in [0.25, 0.3) is 5.91 Å². The topological polar surface area (TPSA) is 38.3 Å². The molecule has 0 fully saturated rings. The molecule has 82 valence electrons. The Morgan fingerprint density at radius 2 is 2.20 bits per heavy atom. The highest BCUT2D eigenvalue weighted by Crippen LogP contribution is 2.25. The molecule has 0 aliphatic carbocycles. The van der Waals surface area contributed by atoms with E-state index in [4.69, 9.17) is 16.3 Å². The van der Waals surface area contributed by atoms with E-state index in [1.54, 1.807) is 13.0 Å². The minimum atomic E-state index is -0.485. The molecule has 1 atom stereocenters. The minimum Gasteiger partial charge on any atom is -0.372 e. The van der Waals surface area contributed by atoms with Crippen molar-refractivity contribution in [1.29, 1.82) is 0 Å². The normalized spacial score (nSPS) is 12.3. The number of hydrogen-bond acceptors (Lipinski definition) is 2. The molecule has 1 unspecified atom stereocenters. The van der Waals surface area contributed by atoms with Gasteiger partial charge in [-0.2, -0.15) is 0 Å². The third-order valence-electron chi connectivity index (χ3n) is 2.19. The Kier molecular flexibility index (Phi) is 4.12. The fraction of sp³-hybridized carbons (Fsp3) is 0.364. The summed E-state index contributed by atoms with van der Waals surface area (Å²) in [7, 11) is 1.49. The average molecular weight is 228 g/mol. The molecule has 0 saturated carbocycles. The van der Waals surface area contributed by atoms with Gasteiger partial charge in [-0.25, -0.2) is 0 Å². The molecule has 0 aliphatic heterocycles. The fourth-order valence-corrected chi connectivity index (χ4v) is 1.39. The van der Waals surface area contributed by atoms with E-state index in [-0.39, 0.29) is 5.91 Å². The van der Waals surface area contributed by atoms with Crippen molar-refractivity contribution in [2.45, 2.75) is 20.0 Å². The average Bonchev–Trinajstić information content (AvgIpc) is 2.22. The monoisotopic (exact) mass is 227 g/mol. The number of ether oxygens (including phenoxy) is 1. The number of nitrogens with one attached hydrogen (secondary N) is 1. The first-order valence-electron chi connectivity index (χ1n) is 4.65. The Morgan fingerprint density at radius 3 is 2.73 bits per heavy atom. The van der Waals surface area contributed by atoms with Gasteiger partial charge in [0.2, 0.25) is 0 Å². The van der Waals surface area contributed by atoms with Crippen molar-refractivity contribution in [2.24, 2.45) is 0 Å². The summed E-state index contributed by atoms with van der Waals surface area (Å²) in [6.45, 7) is 3.57. The van der Waals surface area contributed by atoms with Crippen molar-refractivity contribution in [3.63, 3.8) is 0 Å². The van der Waals surface area contributed by atoms with Crippen molar-refractivity contribution in [1.82, 2.24) is 0 Å². The second kappa shape index (κ2) is 5.14. The Balaban J connectivity index is 2.85. The molecule has 1 aromatic rings. The standard InChI is InChI=1S/C11H14ClNO2/c1-7-5-4-6-9(12)10(7)13-11(14)8(2)15-3/h4-6,8H,1-3H3,(H,13,14). The van der Waals surface area contributed by atoms with Crippen LogP contribution in [-0.4, -0.2) is 19.1 Å². The number of amides is 1. The summed E-state index contributed by atoms with van der Waals surface area (Å²) in [5, 5.41) is 3.27. The van der Waals surface area contributed by atoms with E-state index in [0.717, 1.165) is 5.56 Å². The molecule has 1 rings (SSSR count). The number of hydrogen-bond donors (Lipinski definition) is 1. The third kappa shape index (κ3) is 2.94. The Bertz CT molecular complexity index is 345. The molecule has 1 amide bonds. The van der Waals surface area contributed by atoms with Crippen LogP contribution >= 0.6 is 11.6 Å². The van der Waals surface area contributed by atoms with Crippen LogP contribution < -0.4 is 5.32 Å². The van der Waals surface area contributed by atoms with Crippen LogP contribution in [0.3, 0.4) is 0 Å². The molecule has 0 aromatic heterocycles. The molecule has 0 aliphatic rings. The lowest BCUT2D eigenvalue weighted by atomic mass is 10.2. The summed E-state index contributed by atoms with van der Waals surface area (Å²) in [5.74, 6) is -0.200. The highest BCUT2D eigenvalue weighted by atomic mass is 35.5. The summed E-state index contributed by atoms with van der Waals surface area (Å²) >= 11 is 5.97. The second-order valence-electron chi connectivity index (χ2n) is 3.30. The van der Waals surface area contributed by atoms with E-state index in [2.05, 4.69) is 5.32 Å². The maximum absolute atomic E-state index is 11.6. The van der Waals surface area contributed by atoms with Crippen molar-refractivity contribution in [3.8, 4) is 0 Å². The molecule has 0 saturated heterocycles. The molecular weight excluding hydrogens is 214 g/mol. The summed E-state index contributed by atoms with van der Waals surface area (Å²) in [4.78, 5) is 11.6. The number of para-hydroxylation sites is 1. The van der Waals surface area contributed by atoms with Crippen LogP contribution in [-0.2, 0) is 9.53 Å². The van der Waals surface area contributed by atoms with Crippen molar-refractivity contribution in [3.05, 3.63) is 28.8 Å². The first-order valence-corrected chi connectivity index (χ1v) is 5.03. The number of aryl methyl sites for hydroxylation is 1. The van der Waals surface area contributed by atoms with E-state index in [0.29, 0.717) is 10.7 Å². The largest absolute Gasteiger partial charge is 0.372 e. The maximum Gasteiger partial charge on any atom is 0.253 e. The van der Waals surface area contributed by atoms with E-state index in [9.17, 15) is 4.79 Å². The van der Waals surface area contributed by atoms with E-state index >= 15 is 0 Å². The fourth-order valence-electron chi connectivity index (χ4n) is 1.12. The molecule has 1 aromatic carbocycles. The molecule has 15 heavy (non-hydrogen) atoms. The Labute approximate surface area is 94.4 Å². The van der Waals surface area contributed by atoms with Crippen LogP contribution in [0.4, 0.5) is 5.69 Å². The van der Waals surface area contributed by atoms with E-state index in [1.807, 2.05) is 19.1 Å². The van der Waals surface area contributed by atoms with Crippen molar-refractivity contribution < 1.29 is 9.53 Å². The first-order chi connectivity index (χ1) is 7.06. The van der Waals surface area contributed by atoms with Gasteiger partial charge >= 0.3 is 0 Å². The molecule has 4 heteroatoms. The van der Waals surface area contributed by atoms with Crippen LogP contribution in [0.5, 0.6) is 0 Å². The molecule has 1 N–H and O–H groups in total. The number of benzene rings is 1. The zero-order valence-corrected chi connectivity index (χ0v) is 9.76. The number of methoxy groups -OCH3 is 1. The quantitative estimate of drug-likeness (QED) is 0.862. The molecule has 0 radical (unpaired) electrons. The van der Waals surface area contributed by atoms with Crippen LogP contribution in [0, 0.1) is 6.92 Å². The van der Waals surface area contributed by atoms with Gasteiger partial charge in [-0.05, 0) is 25.5 Å². The lowest BCUT2D eigenvalue weighted by Crippen LogP contribution is -2.27. The van der Waals surface area contributed by atoms with Crippen LogP contribution in [0.15, 0.2) is 18.2 Å². The van der Waals surface area contributed by atoms with Gasteiger partial charge in [0.15, 0.2) is 0 Å². The SMILES string of the molecule is COC(C)C(=O)Nc1c(C)cccc1Cl. The van der Waals surface area contributed by atoms with Crippen LogP contribution in [0.2, 0.25) is 5.02 Å². The molecule has 0 heterocycles. The first kappa shape index (κ1) is 12.0. The number of carbonyl (C=O) groups is 1. The van der Waals surface area contributed by atoms with Gasteiger partial charge < -0.3 is 10.1 Å². The zero-order chi connectivity index (χ0) is 11.4. The minimum absolute atomic E-state index is 0.200. The van der Waals surface area contributed by atoms with E-state index < -0.39 is 6.10 Å². The predicted molar refractivity (Wildman–Crippen MR) is 61.3 cm³/mol. The zero-order valence-electron chi connectivity index (χ0n) is 9.00. The Hall–Kier alpha value is -1.06.